The first-order valence-electron chi connectivity index (χ1n) is 1.95. The van der Waals surface area contributed by atoms with Crippen molar-refractivity contribution in [2.45, 2.75) is 0 Å². The van der Waals surface area contributed by atoms with Gasteiger partial charge in [0.05, 0.1) is 6.21 Å². The zero-order valence-corrected chi connectivity index (χ0v) is 5.87. The summed E-state index contributed by atoms with van der Waals surface area (Å²) in [6.07, 6.45) is 2.07. The van der Waals surface area contributed by atoms with Gasteiger partial charge in [-0.15, -0.1) is 0 Å². The average Bonchev–Trinajstić information content (AvgIpc) is 1.82. The molecule has 0 aromatic carbocycles. The molecule has 5 heteroatoms. The summed E-state index contributed by atoms with van der Waals surface area (Å²) in [6.45, 7) is 0. The van der Waals surface area contributed by atoms with Crippen molar-refractivity contribution in [2.24, 2.45) is 5.16 Å². The SMILES string of the molecule is O=C(O)/C(Br)=C/C=N/O. The first kappa shape index (κ1) is 8.16. The molecule has 0 rings (SSSR count). The molecule has 0 amide bonds. The van der Waals surface area contributed by atoms with Crippen LogP contribution >= 0.6 is 15.9 Å². The molecule has 0 saturated heterocycles. The van der Waals surface area contributed by atoms with Gasteiger partial charge in [0.25, 0.3) is 0 Å². The second-order valence-electron chi connectivity index (χ2n) is 1.08. The standard InChI is InChI=1S/C4H4BrNO3/c5-3(4(7)8)1-2-6-9/h1-2,9H,(H,7,8)/b3-1-,6-2+. The van der Waals surface area contributed by atoms with Crippen molar-refractivity contribution in [3.8, 4) is 0 Å². The predicted molar refractivity (Wildman–Crippen MR) is 34.9 cm³/mol. The fourth-order valence-electron chi connectivity index (χ4n) is 0.170. The molecule has 0 radical (unpaired) electrons. The van der Waals surface area contributed by atoms with Crippen LogP contribution in [0.3, 0.4) is 0 Å². The highest BCUT2D eigenvalue weighted by atomic mass is 79.9. The van der Waals surface area contributed by atoms with E-state index in [4.69, 9.17) is 10.3 Å². The molecule has 0 atom stereocenters. The molecule has 0 unspecified atom stereocenters. The number of nitrogens with zero attached hydrogens (tertiary/aromatic N) is 1. The number of halogens is 1. The number of oxime groups is 1. The maximum atomic E-state index is 9.95. The third-order valence-electron chi connectivity index (χ3n) is 0.492. The van der Waals surface area contributed by atoms with Crippen molar-refractivity contribution >= 4 is 28.1 Å². The zero-order valence-electron chi connectivity index (χ0n) is 4.28. The van der Waals surface area contributed by atoms with Crippen LogP contribution in [0, 0.1) is 0 Å². The molecule has 0 aliphatic carbocycles. The van der Waals surface area contributed by atoms with Crippen LogP contribution in [-0.4, -0.2) is 22.5 Å². The Hall–Kier alpha value is -0.840. The molecule has 9 heavy (non-hydrogen) atoms. The third kappa shape index (κ3) is 3.72. The number of hydrogen-bond donors (Lipinski definition) is 2. The minimum Gasteiger partial charge on any atom is -0.477 e. The number of rotatable bonds is 2. The van der Waals surface area contributed by atoms with E-state index in [1.807, 2.05) is 0 Å². The number of hydrogen-bond acceptors (Lipinski definition) is 3. The molecule has 0 spiro atoms. The van der Waals surface area contributed by atoms with Gasteiger partial charge in [-0.05, 0) is 22.0 Å². The lowest BCUT2D eigenvalue weighted by Crippen LogP contribution is -1.92. The number of carboxylic acid groups (broad SMARTS) is 1. The summed E-state index contributed by atoms with van der Waals surface area (Å²) < 4.78 is -0.0553. The van der Waals surface area contributed by atoms with Crippen molar-refractivity contribution in [3.63, 3.8) is 0 Å². The van der Waals surface area contributed by atoms with Crippen LogP contribution in [0.15, 0.2) is 15.7 Å². The molecule has 0 heterocycles. The lowest BCUT2D eigenvalue weighted by molar-refractivity contribution is -0.131. The van der Waals surface area contributed by atoms with Gasteiger partial charge in [-0.25, -0.2) is 4.79 Å². The predicted octanol–water partition coefficient (Wildman–Crippen LogP) is 0.810. The van der Waals surface area contributed by atoms with Crippen LogP contribution in [0.25, 0.3) is 0 Å². The van der Waals surface area contributed by atoms with Gasteiger partial charge in [0.1, 0.15) is 4.48 Å². The summed E-state index contributed by atoms with van der Waals surface area (Å²) >= 11 is 2.70. The fraction of sp³-hybridized carbons (Fsp3) is 0. The third-order valence-corrected chi connectivity index (χ3v) is 1.10. The molecule has 0 bridgehead atoms. The lowest BCUT2D eigenvalue weighted by atomic mass is 10.5. The number of allylic oxidation sites excluding steroid dienone is 1. The van der Waals surface area contributed by atoms with E-state index < -0.39 is 5.97 Å². The normalized spacial score (nSPS) is 12.3. The van der Waals surface area contributed by atoms with Crippen molar-refractivity contribution in [2.75, 3.05) is 0 Å². The second kappa shape index (κ2) is 4.08. The monoisotopic (exact) mass is 193 g/mol. The molecule has 0 aromatic heterocycles. The van der Waals surface area contributed by atoms with Crippen LogP contribution in [0.5, 0.6) is 0 Å². The fourth-order valence-corrected chi connectivity index (χ4v) is 0.288. The summed E-state index contributed by atoms with van der Waals surface area (Å²) in [7, 11) is 0. The molecule has 4 nitrogen and oxygen atoms in total. The number of carbonyl (C=O) groups is 1. The van der Waals surface area contributed by atoms with Crippen LogP contribution in [-0.2, 0) is 4.79 Å². The Morgan fingerprint density at radius 1 is 1.67 bits per heavy atom. The summed E-state index contributed by atoms with van der Waals surface area (Å²) in [5.41, 5.74) is 0. The van der Waals surface area contributed by atoms with E-state index >= 15 is 0 Å². The molecule has 2 N–H and O–H groups in total. The highest BCUT2D eigenvalue weighted by Crippen LogP contribution is 2.01. The molecule has 0 aliphatic heterocycles. The van der Waals surface area contributed by atoms with Crippen molar-refractivity contribution < 1.29 is 15.1 Å². The van der Waals surface area contributed by atoms with Gasteiger partial charge in [-0.2, -0.15) is 0 Å². The summed E-state index contributed by atoms with van der Waals surface area (Å²) in [6, 6.07) is 0. The van der Waals surface area contributed by atoms with E-state index in [1.54, 1.807) is 0 Å². The Labute approximate surface area is 59.6 Å². The summed E-state index contributed by atoms with van der Waals surface area (Å²) in [5, 5.41) is 18.5. The van der Waals surface area contributed by atoms with Crippen LogP contribution in [0.4, 0.5) is 0 Å². The average molecular weight is 194 g/mol. The van der Waals surface area contributed by atoms with E-state index in [0.717, 1.165) is 12.3 Å². The van der Waals surface area contributed by atoms with Crippen LogP contribution < -0.4 is 0 Å². The van der Waals surface area contributed by atoms with E-state index in [1.165, 1.54) is 0 Å². The molecular weight excluding hydrogens is 190 g/mol. The van der Waals surface area contributed by atoms with Gasteiger partial charge in [0.15, 0.2) is 0 Å². The largest absolute Gasteiger partial charge is 0.477 e. The van der Waals surface area contributed by atoms with Gasteiger partial charge >= 0.3 is 5.97 Å². The quantitative estimate of drug-likeness (QED) is 0.295. The molecular formula is C4H4BrNO3. The summed E-state index contributed by atoms with van der Waals surface area (Å²) in [5.74, 6) is -1.10. The number of carboxylic acids is 1. The van der Waals surface area contributed by atoms with Crippen LogP contribution in [0.1, 0.15) is 0 Å². The maximum absolute atomic E-state index is 9.95. The van der Waals surface area contributed by atoms with Crippen LogP contribution in [0.2, 0.25) is 0 Å². The lowest BCUT2D eigenvalue weighted by Gasteiger charge is -1.82. The minimum absolute atomic E-state index is 0.0553. The van der Waals surface area contributed by atoms with Gasteiger partial charge in [0.2, 0.25) is 0 Å². The zero-order chi connectivity index (χ0) is 7.28. The van der Waals surface area contributed by atoms with Gasteiger partial charge in [0, 0.05) is 0 Å². The first-order valence-corrected chi connectivity index (χ1v) is 2.74. The van der Waals surface area contributed by atoms with Crippen molar-refractivity contribution in [1.29, 1.82) is 0 Å². The van der Waals surface area contributed by atoms with Gasteiger partial charge in [-0.3, -0.25) is 0 Å². The molecule has 50 valence electrons. The number of aliphatic carboxylic acids is 1. The van der Waals surface area contributed by atoms with Gasteiger partial charge < -0.3 is 10.3 Å². The van der Waals surface area contributed by atoms with E-state index in [2.05, 4.69) is 21.1 Å². The van der Waals surface area contributed by atoms with Gasteiger partial charge in [-0.1, -0.05) is 5.16 Å². The first-order chi connectivity index (χ1) is 4.18. The molecule has 0 aliphatic rings. The maximum Gasteiger partial charge on any atom is 0.342 e. The Bertz CT molecular complexity index is 163. The Balaban J connectivity index is 4.00. The summed E-state index contributed by atoms with van der Waals surface area (Å²) in [4.78, 5) is 9.95. The van der Waals surface area contributed by atoms with E-state index in [9.17, 15) is 4.79 Å². The smallest absolute Gasteiger partial charge is 0.342 e. The molecule has 0 fully saturated rings. The highest BCUT2D eigenvalue weighted by Gasteiger charge is 1.97. The second-order valence-corrected chi connectivity index (χ2v) is 1.94. The molecule has 0 saturated carbocycles. The van der Waals surface area contributed by atoms with E-state index in [-0.39, 0.29) is 4.48 Å². The highest BCUT2D eigenvalue weighted by molar-refractivity contribution is 9.12. The Morgan fingerprint density at radius 2 is 2.22 bits per heavy atom. The van der Waals surface area contributed by atoms with E-state index in [0.29, 0.717) is 0 Å². The Morgan fingerprint density at radius 3 is 2.56 bits per heavy atom. The minimum atomic E-state index is -1.10. The topological polar surface area (TPSA) is 69.9 Å². The molecule has 0 aromatic rings. The van der Waals surface area contributed by atoms with Crippen molar-refractivity contribution in [1.82, 2.24) is 0 Å². The Kier molecular flexibility index (Phi) is 3.70. The van der Waals surface area contributed by atoms with Crippen molar-refractivity contribution in [3.05, 3.63) is 10.6 Å².